The molecule has 0 spiro atoms. The van der Waals surface area contributed by atoms with E-state index in [0.717, 1.165) is 11.8 Å². The van der Waals surface area contributed by atoms with E-state index in [-0.39, 0.29) is 11.9 Å². The highest BCUT2D eigenvalue weighted by Gasteiger charge is 2.47. The minimum atomic E-state index is -0.261. The largest absolute Gasteiger partial charge is 0.370 e. The maximum absolute atomic E-state index is 10.6. The normalized spacial score (nSPS) is 40.6. The molecule has 2 aliphatic carbocycles. The first-order valence-corrected chi connectivity index (χ1v) is 4.70. The molecule has 2 fully saturated rings. The summed E-state index contributed by atoms with van der Waals surface area (Å²) in [6.45, 7) is 0. The highest BCUT2D eigenvalue weighted by molar-refractivity contribution is 5.74. The number of fused-ring (bicyclic) bond motifs is 1. The van der Waals surface area contributed by atoms with Gasteiger partial charge in [0.25, 0.3) is 0 Å². The second-order valence-corrected chi connectivity index (χ2v) is 4.32. The van der Waals surface area contributed by atoms with Gasteiger partial charge in [-0.05, 0) is 37.0 Å². The van der Waals surface area contributed by atoms with Crippen LogP contribution < -0.4 is 11.5 Å². The van der Waals surface area contributed by atoms with E-state index in [0.29, 0.717) is 12.3 Å². The van der Waals surface area contributed by atoms with E-state index < -0.39 is 0 Å². The molecule has 4 N–H and O–H groups in total. The molecule has 12 heavy (non-hydrogen) atoms. The van der Waals surface area contributed by atoms with Crippen LogP contribution in [-0.4, -0.2) is 11.9 Å². The molecule has 0 bridgehead atoms. The zero-order valence-electron chi connectivity index (χ0n) is 7.20. The van der Waals surface area contributed by atoms with E-state index in [1.54, 1.807) is 0 Å². The number of rotatable bonds is 3. The molecular weight excluding hydrogens is 152 g/mol. The first kappa shape index (κ1) is 8.05. The third kappa shape index (κ3) is 1.46. The second kappa shape index (κ2) is 2.73. The Morgan fingerprint density at radius 3 is 2.42 bits per heavy atom. The summed E-state index contributed by atoms with van der Waals surface area (Å²) in [5, 5.41) is 0. The van der Waals surface area contributed by atoms with E-state index in [1.165, 1.54) is 19.3 Å². The Kier molecular flexibility index (Phi) is 1.83. The van der Waals surface area contributed by atoms with Crippen LogP contribution in [-0.2, 0) is 4.79 Å². The predicted octanol–water partition coefficient (Wildman–Crippen LogP) is 0.235. The van der Waals surface area contributed by atoms with Crippen LogP contribution >= 0.6 is 0 Å². The molecule has 0 aromatic carbocycles. The average molecular weight is 168 g/mol. The lowest BCUT2D eigenvalue weighted by molar-refractivity contribution is -0.118. The third-order valence-corrected chi connectivity index (χ3v) is 3.32. The molecule has 1 amide bonds. The van der Waals surface area contributed by atoms with Crippen LogP contribution in [0.15, 0.2) is 0 Å². The van der Waals surface area contributed by atoms with Gasteiger partial charge in [0.1, 0.15) is 0 Å². The van der Waals surface area contributed by atoms with Crippen molar-refractivity contribution in [3.63, 3.8) is 0 Å². The van der Waals surface area contributed by atoms with Gasteiger partial charge in [0.15, 0.2) is 0 Å². The Morgan fingerprint density at radius 1 is 1.33 bits per heavy atom. The molecule has 3 heteroatoms. The maximum Gasteiger partial charge on any atom is 0.218 e. The molecular formula is C9H16N2O. The number of carbonyl (C=O) groups is 1. The molecule has 0 radical (unpaired) electrons. The van der Waals surface area contributed by atoms with Crippen molar-refractivity contribution in [2.24, 2.45) is 29.2 Å². The van der Waals surface area contributed by atoms with E-state index >= 15 is 0 Å². The fourth-order valence-electron chi connectivity index (χ4n) is 2.51. The van der Waals surface area contributed by atoms with E-state index in [9.17, 15) is 4.79 Å². The van der Waals surface area contributed by atoms with Gasteiger partial charge in [-0.15, -0.1) is 0 Å². The van der Waals surface area contributed by atoms with Crippen molar-refractivity contribution >= 4 is 5.91 Å². The van der Waals surface area contributed by atoms with Crippen LogP contribution in [0.25, 0.3) is 0 Å². The lowest BCUT2D eigenvalue weighted by Crippen LogP contribution is -2.34. The van der Waals surface area contributed by atoms with Crippen molar-refractivity contribution in [3.8, 4) is 0 Å². The summed E-state index contributed by atoms with van der Waals surface area (Å²) in [5.74, 6) is 2.19. The Bertz CT molecular complexity index is 195. The van der Waals surface area contributed by atoms with Crippen LogP contribution in [0.4, 0.5) is 0 Å². The Labute approximate surface area is 72.5 Å². The Balaban J connectivity index is 1.80. The summed E-state index contributed by atoms with van der Waals surface area (Å²) in [6, 6.07) is 0.0234. The van der Waals surface area contributed by atoms with Crippen molar-refractivity contribution < 1.29 is 4.79 Å². The summed E-state index contributed by atoms with van der Waals surface area (Å²) >= 11 is 0. The number of primary amides is 1. The van der Waals surface area contributed by atoms with Crippen molar-refractivity contribution in [1.82, 2.24) is 0 Å². The zero-order chi connectivity index (χ0) is 8.72. The summed E-state index contributed by atoms with van der Waals surface area (Å²) in [6.07, 6.45) is 4.24. The zero-order valence-corrected chi connectivity index (χ0v) is 7.20. The van der Waals surface area contributed by atoms with Gasteiger partial charge in [0.2, 0.25) is 5.91 Å². The molecule has 0 saturated heterocycles. The fraction of sp³-hybridized carbons (Fsp3) is 0.889. The van der Waals surface area contributed by atoms with E-state index in [2.05, 4.69) is 0 Å². The Hall–Kier alpha value is -0.570. The number of amides is 1. The van der Waals surface area contributed by atoms with Gasteiger partial charge in [-0.25, -0.2) is 0 Å². The number of nitrogens with two attached hydrogens (primary N) is 2. The quantitative estimate of drug-likeness (QED) is 0.633. The van der Waals surface area contributed by atoms with Crippen molar-refractivity contribution in [1.29, 1.82) is 0 Å². The monoisotopic (exact) mass is 168 g/mol. The summed E-state index contributed by atoms with van der Waals surface area (Å²) in [4.78, 5) is 10.6. The van der Waals surface area contributed by atoms with Crippen LogP contribution in [0.2, 0.25) is 0 Å². The summed E-state index contributed by atoms with van der Waals surface area (Å²) < 4.78 is 0. The average Bonchev–Trinajstić information content (AvgIpc) is 2.57. The van der Waals surface area contributed by atoms with Gasteiger partial charge in [0, 0.05) is 12.5 Å². The molecule has 2 saturated carbocycles. The lowest BCUT2D eigenvalue weighted by Gasteiger charge is -2.18. The number of hydrogen-bond acceptors (Lipinski definition) is 2. The van der Waals surface area contributed by atoms with Crippen LogP contribution in [0.3, 0.4) is 0 Å². The minimum absolute atomic E-state index is 0.0234. The lowest BCUT2D eigenvalue weighted by atomic mass is 9.93. The molecule has 2 rings (SSSR count). The van der Waals surface area contributed by atoms with E-state index in [4.69, 9.17) is 11.5 Å². The van der Waals surface area contributed by atoms with E-state index in [1.807, 2.05) is 0 Å². The van der Waals surface area contributed by atoms with Crippen LogP contribution in [0, 0.1) is 17.8 Å². The fourth-order valence-corrected chi connectivity index (χ4v) is 2.51. The van der Waals surface area contributed by atoms with Crippen molar-refractivity contribution in [2.75, 3.05) is 0 Å². The molecule has 3 unspecified atom stereocenters. The van der Waals surface area contributed by atoms with Gasteiger partial charge in [0.05, 0.1) is 0 Å². The molecule has 0 aromatic rings. The molecule has 2 aliphatic rings. The molecule has 0 aliphatic heterocycles. The number of hydrogen-bond donors (Lipinski definition) is 2. The van der Waals surface area contributed by atoms with Gasteiger partial charge in [-0.1, -0.05) is 0 Å². The van der Waals surface area contributed by atoms with Gasteiger partial charge in [-0.2, -0.15) is 0 Å². The molecule has 3 nitrogen and oxygen atoms in total. The summed E-state index contributed by atoms with van der Waals surface area (Å²) in [7, 11) is 0. The molecule has 68 valence electrons. The number of carbonyl (C=O) groups excluding carboxylic acids is 1. The molecule has 3 atom stereocenters. The Morgan fingerprint density at radius 2 is 1.92 bits per heavy atom. The van der Waals surface area contributed by atoms with Crippen molar-refractivity contribution in [3.05, 3.63) is 0 Å². The van der Waals surface area contributed by atoms with Crippen LogP contribution in [0.5, 0.6) is 0 Å². The van der Waals surface area contributed by atoms with Gasteiger partial charge >= 0.3 is 0 Å². The van der Waals surface area contributed by atoms with Crippen molar-refractivity contribution in [2.45, 2.75) is 31.7 Å². The summed E-state index contributed by atoms with van der Waals surface area (Å²) in [5.41, 5.74) is 10.9. The maximum atomic E-state index is 10.6. The standard InChI is InChI=1S/C9H16N2O/c10-8(4-9(11)12)7-2-5-1-6(5)3-7/h5-8H,1-4,10H2,(H2,11,12). The topological polar surface area (TPSA) is 69.1 Å². The van der Waals surface area contributed by atoms with Gasteiger partial charge in [-0.3, -0.25) is 4.79 Å². The smallest absolute Gasteiger partial charge is 0.218 e. The highest BCUT2D eigenvalue weighted by Crippen LogP contribution is 2.55. The molecule has 0 aromatic heterocycles. The second-order valence-electron chi connectivity index (χ2n) is 4.32. The predicted molar refractivity (Wildman–Crippen MR) is 46.1 cm³/mol. The first-order chi connectivity index (χ1) is 5.66. The SMILES string of the molecule is NC(=O)CC(N)C1CC2CC2C1. The first-order valence-electron chi connectivity index (χ1n) is 4.70. The van der Waals surface area contributed by atoms with Crippen LogP contribution in [0.1, 0.15) is 25.7 Å². The van der Waals surface area contributed by atoms with Gasteiger partial charge < -0.3 is 11.5 Å². The minimum Gasteiger partial charge on any atom is -0.370 e. The highest BCUT2D eigenvalue weighted by atomic mass is 16.1. The molecule has 0 heterocycles. The third-order valence-electron chi connectivity index (χ3n) is 3.32.